The van der Waals surface area contributed by atoms with Crippen molar-refractivity contribution in [1.29, 1.82) is 0 Å². The van der Waals surface area contributed by atoms with Crippen LogP contribution in [-0.2, 0) is 0 Å². The molecule has 1 atom stereocenters. The normalized spacial score (nSPS) is 12.9. The van der Waals surface area contributed by atoms with Gasteiger partial charge in [0.25, 0.3) is 0 Å². The summed E-state index contributed by atoms with van der Waals surface area (Å²) in [5.41, 5.74) is 9.50. The average Bonchev–Trinajstić information content (AvgIpc) is 2.77. The Kier molecular flexibility index (Phi) is 3.77. The van der Waals surface area contributed by atoms with Crippen molar-refractivity contribution in [3.8, 4) is 5.69 Å². The van der Waals surface area contributed by atoms with Gasteiger partial charge in [0.05, 0.1) is 30.1 Å². The van der Waals surface area contributed by atoms with Gasteiger partial charge in [-0.05, 0) is 30.9 Å². The van der Waals surface area contributed by atoms with Crippen LogP contribution in [0.1, 0.15) is 37.6 Å². The highest BCUT2D eigenvalue weighted by Gasteiger charge is 2.15. The quantitative estimate of drug-likeness (QED) is 0.899. The molecule has 0 aromatic carbocycles. The Morgan fingerprint density at radius 2 is 2.06 bits per heavy atom. The fraction of sp³-hybridized carbons (Fsp3) is 0.429. The SMILES string of the molecule is Cc1ccncc1-n1cncc1C(N)CC(C)C. The van der Waals surface area contributed by atoms with Crippen molar-refractivity contribution in [2.24, 2.45) is 11.7 Å². The molecule has 0 spiro atoms. The van der Waals surface area contributed by atoms with Crippen molar-refractivity contribution in [3.63, 3.8) is 0 Å². The molecule has 2 N–H and O–H groups in total. The van der Waals surface area contributed by atoms with Crippen LogP contribution in [0.2, 0.25) is 0 Å². The molecule has 4 heteroatoms. The van der Waals surface area contributed by atoms with Gasteiger partial charge < -0.3 is 5.73 Å². The Balaban J connectivity index is 2.36. The number of nitrogens with zero attached hydrogens (tertiary/aromatic N) is 3. The molecule has 1 unspecified atom stereocenters. The van der Waals surface area contributed by atoms with Gasteiger partial charge in [0, 0.05) is 12.2 Å². The van der Waals surface area contributed by atoms with E-state index in [1.165, 1.54) is 5.56 Å². The van der Waals surface area contributed by atoms with Crippen molar-refractivity contribution >= 4 is 0 Å². The number of imidazole rings is 1. The lowest BCUT2D eigenvalue weighted by atomic mass is 10.0. The maximum absolute atomic E-state index is 6.25. The molecular formula is C14H20N4. The summed E-state index contributed by atoms with van der Waals surface area (Å²) in [4.78, 5) is 8.40. The number of nitrogens with two attached hydrogens (primary N) is 1. The highest BCUT2D eigenvalue weighted by atomic mass is 15.1. The summed E-state index contributed by atoms with van der Waals surface area (Å²) in [7, 11) is 0. The highest BCUT2D eigenvalue weighted by molar-refractivity contribution is 5.39. The van der Waals surface area contributed by atoms with Gasteiger partial charge in [-0.2, -0.15) is 0 Å². The Bertz CT molecular complexity index is 516. The first kappa shape index (κ1) is 12.8. The average molecular weight is 244 g/mol. The number of pyridine rings is 1. The minimum atomic E-state index is 0.00658. The molecule has 2 aromatic rings. The molecule has 0 aliphatic carbocycles. The highest BCUT2D eigenvalue weighted by Crippen LogP contribution is 2.22. The van der Waals surface area contributed by atoms with Gasteiger partial charge in [0.15, 0.2) is 0 Å². The third kappa shape index (κ3) is 2.59. The fourth-order valence-corrected chi connectivity index (χ4v) is 2.12. The zero-order valence-corrected chi connectivity index (χ0v) is 11.2. The molecule has 0 saturated carbocycles. The largest absolute Gasteiger partial charge is 0.323 e. The molecule has 2 aromatic heterocycles. The molecule has 0 amide bonds. The van der Waals surface area contributed by atoms with E-state index in [0.29, 0.717) is 5.92 Å². The van der Waals surface area contributed by atoms with E-state index in [9.17, 15) is 0 Å². The van der Waals surface area contributed by atoms with Crippen LogP contribution in [0.5, 0.6) is 0 Å². The Morgan fingerprint density at radius 1 is 1.28 bits per heavy atom. The van der Waals surface area contributed by atoms with Gasteiger partial charge in [-0.15, -0.1) is 0 Å². The van der Waals surface area contributed by atoms with Crippen LogP contribution < -0.4 is 5.73 Å². The number of hydrogen-bond donors (Lipinski definition) is 1. The maximum Gasteiger partial charge on any atom is 0.0995 e. The summed E-state index contributed by atoms with van der Waals surface area (Å²) in [5, 5.41) is 0. The standard InChI is InChI=1S/C14H20N4/c1-10(2)6-12(15)14-8-17-9-18(14)13-7-16-5-4-11(13)3/h4-5,7-10,12H,6,15H2,1-3H3. The predicted molar refractivity (Wildman–Crippen MR) is 72.5 cm³/mol. The van der Waals surface area contributed by atoms with Gasteiger partial charge in [0.2, 0.25) is 0 Å². The van der Waals surface area contributed by atoms with E-state index in [0.717, 1.165) is 17.8 Å². The first-order chi connectivity index (χ1) is 8.59. The zero-order valence-electron chi connectivity index (χ0n) is 11.2. The third-order valence-corrected chi connectivity index (χ3v) is 3.04. The van der Waals surface area contributed by atoms with E-state index >= 15 is 0 Å². The van der Waals surface area contributed by atoms with Crippen LogP contribution in [0, 0.1) is 12.8 Å². The van der Waals surface area contributed by atoms with Gasteiger partial charge in [-0.25, -0.2) is 4.98 Å². The van der Waals surface area contributed by atoms with Gasteiger partial charge >= 0.3 is 0 Å². The number of rotatable bonds is 4. The van der Waals surface area contributed by atoms with Crippen molar-refractivity contribution in [1.82, 2.24) is 14.5 Å². The van der Waals surface area contributed by atoms with E-state index in [1.54, 1.807) is 12.5 Å². The summed E-state index contributed by atoms with van der Waals surface area (Å²) >= 11 is 0. The molecule has 0 saturated heterocycles. The Hall–Kier alpha value is -1.68. The second-order valence-corrected chi connectivity index (χ2v) is 5.09. The Labute approximate surface area is 108 Å². The molecule has 0 radical (unpaired) electrons. The molecule has 0 aliphatic rings. The van der Waals surface area contributed by atoms with Crippen LogP contribution in [0.4, 0.5) is 0 Å². The van der Waals surface area contributed by atoms with Crippen LogP contribution in [0.15, 0.2) is 31.0 Å². The second kappa shape index (κ2) is 5.31. The molecule has 4 nitrogen and oxygen atoms in total. The van der Waals surface area contributed by atoms with E-state index < -0.39 is 0 Å². The maximum atomic E-state index is 6.25. The molecule has 2 heterocycles. The molecule has 96 valence electrons. The van der Waals surface area contributed by atoms with Crippen LogP contribution >= 0.6 is 0 Å². The van der Waals surface area contributed by atoms with E-state index in [1.807, 2.05) is 23.0 Å². The summed E-state index contributed by atoms with van der Waals surface area (Å²) in [6.45, 7) is 6.42. The van der Waals surface area contributed by atoms with Crippen molar-refractivity contribution in [2.75, 3.05) is 0 Å². The number of aryl methyl sites for hydroxylation is 1. The van der Waals surface area contributed by atoms with Crippen molar-refractivity contribution in [2.45, 2.75) is 33.2 Å². The van der Waals surface area contributed by atoms with Crippen molar-refractivity contribution < 1.29 is 0 Å². The van der Waals surface area contributed by atoms with Gasteiger partial charge in [-0.3, -0.25) is 9.55 Å². The van der Waals surface area contributed by atoms with Crippen LogP contribution in [-0.4, -0.2) is 14.5 Å². The summed E-state index contributed by atoms with van der Waals surface area (Å²) in [5.74, 6) is 0.568. The van der Waals surface area contributed by atoms with Gasteiger partial charge in [0.1, 0.15) is 0 Å². The molecule has 18 heavy (non-hydrogen) atoms. The van der Waals surface area contributed by atoms with Crippen LogP contribution in [0.25, 0.3) is 5.69 Å². The smallest absolute Gasteiger partial charge is 0.0995 e. The molecule has 2 rings (SSSR count). The first-order valence-corrected chi connectivity index (χ1v) is 6.28. The Morgan fingerprint density at radius 3 is 2.72 bits per heavy atom. The first-order valence-electron chi connectivity index (χ1n) is 6.28. The minimum absolute atomic E-state index is 0.00658. The lowest BCUT2D eigenvalue weighted by molar-refractivity contribution is 0.497. The third-order valence-electron chi connectivity index (χ3n) is 3.04. The second-order valence-electron chi connectivity index (χ2n) is 5.09. The molecular weight excluding hydrogens is 224 g/mol. The van der Waals surface area contributed by atoms with E-state index in [2.05, 4.69) is 30.7 Å². The summed E-state index contributed by atoms with van der Waals surface area (Å²) < 4.78 is 2.04. The number of hydrogen-bond acceptors (Lipinski definition) is 3. The van der Waals surface area contributed by atoms with Crippen molar-refractivity contribution in [3.05, 3.63) is 42.2 Å². The predicted octanol–water partition coefficient (Wildman–Crippen LogP) is 2.62. The molecule has 0 aliphatic heterocycles. The monoisotopic (exact) mass is 244 g/mol. The van der Waals surface area contributed by atoms with Gasteiger partial charge in [-0.1, -0.05) is 13.8 Å². The van der Waals surface area contributed by atoms with E-state index in [-0.39, 0.29) is 6.04 Å². The van der Waals surface area contributed by atoms with E-state index in [4.69, 9.17) is 5.73 Å². The summed E-state index contributed by atoms with van der Waals surface area (Å²) in [6.07, 6.45) is 8.25. The topological polar surface area (TPSA) is 56.7 Å². The molecule has 0 bridgehead atoms. The fourth-order valence-electron chi connectivity index (χ4n) is 2.12. The number of aromatic nitrogens is 3. The minimum Gasteiger partial charge on any atom is -0.323 e. The molecule has 0 fully saturated rings. The summed E-state index contributed by atoms with van der Waals surface area (Å²) in [6, 6.07) is 2.00. The lowest BCUT2D eigenvalue weighted by Gasteiger charge is -2.17. The van der Waals surface area contributed by atoms with Crippen LogP contribution in [0.3, 0.4) is 0 Å². The zero-order chi connectivity index (χ0) is 13.1. The lowest BCUT2D eigenvalue weighted by Crippen LogP contribution is -2.17.